The van der Waals surface area contributed by atoms with Crippen LogP contribution in [-0.4, -0.2) is 23.0 Å². The third-order valence-electron chi connectivity index (χ3n) is 3.17. The van der Waals surface area contributed by atoms with Crippen molar-refractivity contribution in [3.8, 4) is 0 Å². The Morgan fingerprint density at radius 3 is 2.48 bits per heavy atom. The van der Waals surface area contributed by atoms with Gasteiger partial charge in [-0.25, -0.2) is 9.97 Å². The molecule has 0 unspecified atom stereocenters. The molecule has 7 heteroatoms. The van der Waals surface area contributed by atoms with Crippen molar-refractivity contribution < 1.29 is 4.42 Å². The number of hydrogen-bond donors (Lipinski definition) is 2. The Morgan fingerprint density at radius 1 is 1.17 bits per heavy atom. The Labute approximate surface area is 141 Å². The summed E-state index contributed by atoms with van der Waals surface area (Å²) < 4.78 is 5.74. The maximum absolute atomic E-state index is 5.77. The second kappa shape index (κ2) is 7.46. The van der Waals surface area contributed by atoms with E-state index in [4.69, 9.17) is 16.0 Å². The van der Waals surface area contributed by atoms with Gasteiger partial charge < -0.3 is 15.1 Å². The van der Waals surface area contributed by atoms with E-state index in [2.05, 4.69) is 46.4 Å². The summed E-state index contributed by atoms with van der Waals surface area (Å²) in [6, 6.07) is 3.68. The third-order valence-corrected chi connectivity index (χ3v) is 3.40. The van der Waals surface area contributed by atoms with Crippen molar-refractivity contribution in [1.82, 2.24) is 20.6 Å². The van der Waals surface area contributed by atoms with E-state index < -0.39 is 0 Å². The highest BCUT2D eigenvalue weighted by Crippen LogP contribution is 2.22. The van der Waals surface area contributed by atoms with E-state index in [1.54, 1.807) is 25.5 Å². The molecule has 0 bridgehead atoms. The molecular formula is C16H22ClN5O. The second-order valence-electron chi connectivity index (χ2n) is 6.14. The minimum absolute atomic E-state index is 0.0489. The smallest absolute Gasteiger partial charge is 0.213 e. The highest BCUT2D eigenvalue weighted by atomic mass is 35.5. The lowest BCUT2D eigenvalue weighted by molar-refractivity contribution is 0.379. The zero-order valence-electron chi connectivity index (χ0n) is 13.9. The Morgan fingerprint density at radius 2 is 1.91 bits per heavy atom. The zero-order chi connectivity index (χ0) is 16.9. The van der Waals surface area contributed by atoms with Crippen LogP contribution in [0.4, 0.5) is 0 Å². The Balaban J connectivity index is 1.85. The molecule has 2 rings (SSSR count). The summed E-state index contributed by atoms with van der Waals surface area (Å²) in [7, 11) is 1.71. The van der Waals surface area contributed by atoms with Gasteiger partial charge in [-0.1, -0.05) is 38.4 Å². The minimum atomic E-state index is -0.0489. The summed E-state index contributed by atoms with van der Waals surface area (Å²) in [5, 5.41) is 6.85. The van der Waals surface area contributed by atoms with Crippen molar-refractivity contribution in [1.29, 1.82) is 0 Å². The number of pyridine rings is 1. The second-order valence-corrected chi connectivity index (χ2v) is 6.52. The molecule has 0 saturated heterocycles. The summed E-state index contributed by atoms with van der Waals surface area (Å²) in [4.78, 5) is 12.5. The van der Waals surface area contributed by atoms with Crippen molar-refractivity contribution in [3.05, 3.63) is 46.9 Å². The van der Waals surface area contributed by atoms with E-state index in [9.17, 15) is 0 Å². The first kappa shape index (κ1) is 17.3. The van der Waals surface area contributed by atoms with Gasteiger partial charge in [0.2, 0.25) is 5.89 Å². The van der Waals surface area contributed by atoms with Crippen LogP contribution in [0.5, 0.6) is 0 Å². The van der Waals surface area contributed by atoms with Crippen molar-refractivity contribution in [2.24, 2.45) is 4.99 Å². The normalized spacial score (nSPS) is 12.3. The maximum atomic E-state index is 5.77. The average molecular weight is 336 g/mol. The molecule has 0 aromatic carbocycles. The first-order valence-electron chi connectivity index (χ1n) is 7.38. The van der Waals surface area contributed by atoms with Crippen LogP contribution in [0, 0.1) is 0 Å². The molecule has 0 amide bonds. The van der Waals surface area contributed by atoms with Gasteiger partial charge in [-0.15, -0.1) is 0 Å². The van der Waals surface area contributed by atoms with Crippen LogP contribution >= 0.6 is 11.6 Å². The Bertz CT molecular complexity index is 658. The zero-order valence-corrected chi connectivity index (χ0v) is 14.6. The van der Waals surface area contributed by atoms with Crippen molar-refractivity contribution in [2.45, 2.75) is 39.3 Å². The molecule has 6 nitrogen and oxygen atoms in total. The first-order valence-corrected chi connectivity index (χ1v) is 7.76. The lowest BCUT2D eigenvalue weighted by Crippen LogP contribution is -2.36. The quantitative estimate of drug-likeness (QED) is 0.510. The van der Waals surface area contributed by atoms with Gasteiger partial charge in [-0.2, -0.15) is 0 Å². The minimum Gasteiger partial charge on any atom is -0.443 e. The molecule has 2 heterocycles. The van der Waals surface area contributed by atoms with Gasteiger partial charge >= 0.3 is 0 Å². The lowest BCUT2D eigenvalue weighted by Gasteiger charge is -2.13. The van der Waals surface area contributed by atoms with E-state index in [0.29, 0.717) is 30.1 Å². The molecule has 0 radical (unpaired) electrons. The molecule has 0 aliphatic rings. The maximum Gasteiger partial charge on any atom is 0.213 e. The average Bonchev–Trinajstić information content (AvgIpc) is 2.98. The largest absolute Gasteiger partial charge is 0.443 e. The van der Waals surface area contributed by atoms with Crippen LogP contribution in [0.1, 0.15) is 38.0 Å². The van der Waals surface area contributed by atoms with Crippen LogP contribution in [0.15, 0.2) is 33.9 Å². The van der Waals surface area contributed by atoms with E-state index in [1.807, 2.05) is 6.07 Å². The summed E-state index contributed by atoms with van der Waals surface area (Å²) in [5.74, 6) is 2.16. The standard InChI is InChI=1S/C16H22ClN5O/c1-16(2,3)12-9-20-14(23-12)10-22-15(18-4)21-8-11-5-6-13(17)19-7-11/h5-7,9H,8,10H2,1-4H3,(H2,18,21,22). The molecule has 0 saturated carbocycles. The summed E-state index contributed by atoms with van der Waals surface area (Å²) in [6.07, 6.45) is 3.50. The predicted molar refractivity (Wildman–Crippen MR) is 91.5 cm³/mol. The van der Waals surface area contributed by atoms with E-state index in [1.165, 1.54) is 0 Å². The molecule has 0 fully saturated rings. The molecule has 2 aromatic heterocycles. The summed E-state index contributed by atoms with van der Waals surface area (Å²) in [6.45, 7) is 7.33. The number of hydrogen-bond acceptors (Lipinski definition) is 4. The van der Waals surface area contributed by atoms with E-state index in [-0.39, 0.29) is 5.41 Å². The number of halogens is 1. The monoisotopic (exact) mass is 335 g/mol. The third kappa shape index (κ3) is 5.25. The molecule has 0 aliphatic carbocycles. The predicted octanol–water partition coefficient (Wildman–Crippen LogP) is 2.89. The molecule has 23 heavy (non-hydrogen) atoms. The summed E-state index contributed by atoms with van der Waals surface area (Å²) >= 11 is 5.77. The van der Waals surface area contributed by atoms with Gasteiger partial charge in [0.15, 0.2) is 5.96 Å². The molecule has 2 N–H and O–H groups in total. The number of aromatic nitrogens is 2. The topological polar surface area (TPSA) is 75.3 Å². The number of oxazole rings is 1. The molecule has 124 valence electrons. The van der Waals surface area contributed by atoms with Gasteiger partial charge in [0.25, 0.3) is 0 Å². The van der Waals surface area contributed by atoms with Crippen LogP contribution in [0.3, 0.4) is 0 Å². The van der Waals surface area contributed by atoms with Gasteiger partial charge in [-0.05, 0) is 11.6 Å². The van der Waals surface area contributed by atoms with Gasteiger partial charge in [0.1, 0.15) is 10.9 Å². The first-order chi connectivity index (χ1) is 10.9. The summed E-state index contributed by atoms with van der Waals surface area (Å²) in [5.41, 5.74) is 0.968. The van der Waals surface area contributed by atoms with Crippen molar-refractivity contribution in [2.75, 3.05) is 7.05 Å². The van der Waals surface area contributed by atoms with Gasteiger partial charge in [0, 0.05) is 25.2 Å². The van der Waals surface area contributed by atoms with E-state index in [0.717, 1.165) is 11.3 Å². The highest BCUT2D eigenvalue weighted by Gasteiger charge is 2.19. The molecular weight excluding hydrogens is 314 g/mol. The lowest BCUT2D eigenvalue weighted by atomic mass is 9.94. The number of aliphatic imine (C=N–C) groups is 1. The van der Waals surface area contributed by atoms with Crippen LogP contribution in [-0.2, 0) is 18.5 Å². The number of guanidine groups is 1. The van der Waals surface area contributed by atoms with Crippen LogP contribution < -0.4 is 10.6 Å². The number of nitrogens with zero attached hydrogens (tertiary/aromatic N) is 3. The van der Waals surface area contributed by atoms with Crippen LogP contribution in [0.2, 0.25) is 5.15 Å². The van der Waals surface area contributed by atoms with Crippen molar-refractivity contribution in [3.63, 3.8) is 0 Å². The van der Waals surface area contributed by atoms with Gasteiger partial charge in [-0.3, -0.25) is 4.99 Å². The SMILES string of the molecule is CN=C(NCc1ccc(Cl)nc1)NCc1ncc(C(C)(C)C)o1. The fourth-order valence-electron chi connectivity index (χ4n) is 1.82. The number of nitrogens with one attached hydrogen (secondary N) is 2. The number of rotatable bonds is 4. The van der Waals surface area contributed by atoms with Crippen LogP contribution in [0.25, 0.3) is 0 Å². The molecule has 0 spiro atoms. The highest BCUT2D eigenvalue weighted by molar-refractivity contribution is 6.29. The fraction of sp³-hybridized carbons (Fsp3) is 0.438. The Kier molecular flexibility index (Phi) is 5.60. The molecule has 0 aliphatic heterocycles. The fourth-order valence-corrected chi connectivity index (χ4v) is 1.93. The van der Waals surface area contributed by atoms with Gasteiger partial charge in [0.05, 0.1) is 12.7 Å². The molecule has 0 atom stereocenters. The molecule has 2 aromatic rings. The Hall–Kier alpha value is -2.08. The van der Waals surface area contributed by atoms with Crippen molar-refractivity contribution >= 4 is 17.6 Å². The van der Waals surface area contributed by atoms with E-state index >= 15 is 0 Å².